The number of carbonyl (C=O) groups is 2. The largest absolute Gasteiger partial charge is 0.496 e. The third-order valence-corrected chi connectivity index (χ3v) is 3.65. The van der Waals surface area contributed by atoms with Crippen LogP contribution in [0.2, 0.25) is 0 Å². The van der Waals surface area contributed by atoms with Crippen molar-refractivity contribution in [3.8, 4) is 5.75 Å². The molecule has 0 bridgehead atoms. The molecule has 0 aliphatic heterocycles. The maximum absolute atomic E-state index is 12.5. The predicted molar refractivity (Wildman–Crippen MR) is 92.1 cm³/mol. The molecule has 25 heavy (non-hydrogen) atoms. The van der Waals surface area contributed by atoms with Gasteiger partial charge < -0.3 is 15.4 Å². The van der Waals surface area contributed by atoms with Gasteiger partial charge in [-0.3, -0.25) is 14.7 Å². The highest BCUT2D eigenvalue weighted by Crippen LogP contribution is 2.17. The van der Waals surface area contributed by atoms with Crippen LogP contribution < -0.4 is 15.4 Å². The third-order valence-electron chi connectivity index (χ3n) is 3.65. The number of rotatable bonds is 7. The molecule has 0 fully saturated rings. The number of hydrogen-bond donors (Lipinski definition) is 3. The van der Waals surface area contributed by atoms with Crippen molar-refractivity contribution < 1.29 is 14.3 Å². The molecule has 0 radical (unpaired) electrons. The lowest BCUT2D eigenvalue weighted by atomic mass is 10.0. The molecule has 8 heteroatoms. The van der Waals surface area contributed by atoms with Crippen molar-refractivity contribution in [2.75, 3.05) is 7.11 Å². The molecule has 2 aromatic rings. The summed E-state index contributed by atoms with van der Waals surface area (Å²) in [5.74, 6) is 0.880. The summed E-state index contributed by atoms with van der Waals surface area (Å²) in [6.07, 6.45) is 0. The van der Waals surface area contributed by atoms with Crippen molar-refractivity contribution in [1.29, 1.82) is 0 Å². The van der Waals surface area contributed by atoms with E-state index in [1.54, 1.807) is 31.2 Å². The fourth-order valence-corrected chi connectivity index (χ4v) is 2.33. The molecule has 0 saturated heterocycles. The number of aromatic nitrogens is 3. The monoisotopic (exact) mass is 345 g/mol. The molecule has 1 aromatic carbocycles. The van der Waals surface area contributed by atoms with Crippen LogP contribution in [0.25, 0.3) is 0 Å². The second-order valence-electron chi connectivity index (χ2n) is 5.95. The Morgan fingerprint density at radius 1 is 1.28 bits per heavy atom. The SMILES string of the molecule is COc1ccccc1C(=O)NC(C(=O)NCc1n[nH]c(C)n1)C(C)C. The zero-order chi connectivity index (χ0) is 18.4. The van der Waals surface area contributed by atoms with E-state index in [0.717, 1.165) is 0 Å². The minimum Gasteiger partial charge on any atom is -0.496 e. The van der Waals surface area contributed by atoms with Gasteiger partial charge in [0, 0.05) is 0 Å². The number of ether oxygens (including phenoxy) is 1. The summed E-state index contributed by atoms with van der Waals surface area (Å²) in [4.78, 5) is 29.1. The van der Waals surface area contributed by atoms with E-state index in [1.165, 1.54) is 7.11 Å². The number of aromatic amines is 1. The Bertz CT molecular complexity index is 741. The standard InChI is InChI=1S/C17H23N5O3/c1-10(2)15(17(24)18-9-14-19-11(3)21-22-14)20-16(23)12-7-5-6-8-13(12)25-4/h5-8,10,15H,9H2,1-4H3,(H,18,24)(H,20,23)(H,19,21,22). The number of amides is 2. The molecule has 0 aliphatic rings. The molecular weight excluding hydrogens is 322 g/mol. The Labute approximate surface area is 146 Å². The van der Waals surface area contributed by atoms with E-state index in [4.69, 9.17) is 4.74 Å². The van der Waals surface area contributed by atoms with E-state index in [1.807, 2.05) is 13.8 Å². The minimum absolute atomic E-state index is 0.0902. The van der Waals surface area contributed by atoms with Gasteiger partial charge in [-0.1, -0.05) is 26.0 Å². The van der Waals surface area contributed by atoms with Crippen molar-refractivity contribution in [3.63, 3.8) is 0 Å². The number of aryl methyl sites for hydroxylation is 1. The van der Waals surface area contributed by atoms with E-state index in [-0.39, 0.29) is 24.3 Å². The molecule has 0 saturated carbocycles. The lowest BCUT2D eigenvalue weighted by Gasteiger charge is -2.22. The summed E-state index contributed by atoms with van der Waals surface area (Å²) in [7, 11) is 1.50. The van der Waals surface area contributed by atoms with Gasteiger partial charge in [0.25, 0.3) is 5.91 Å². The van der Waals surface area contributed by atoms with Gasteiger partial charge in [-0.2, -0.15) is 5.10 Å². The molecule has 134 valence electrons. The lowest BCUT2D eigenvalue weighted by molar-refractivity contribution is -0.124. The van der Waals surface area contributed by atoms with Gasteiger partial charge in [0.2, 0.25) is 5.91 Å². The van der Waals surface area contributed by atoms with E-state index in [0.29, 0.717) is 23.0 Å². The fourth-order valence-electron chi connectivity index (χ4n) is 2.33. The normalized spacial score (nSPS) is 11.9. The van der Waals surface area contributed by atoms with Gasteiger partial charge in [-0.25, -0.2) is 4.98 Å². The maximum atomic E-state index is 12.5. The van der Waals surface area contributed by atoms with E-state index >= 15 is 0 Å². The molecule has 2 rings (SSSR count). The highest BCUT2D eigenvalue weighted by atomic mass is 16.5. The van der Waals surface area contributed by atoms with E-state index in [9.17, 15) is 9.59 Å². The minimum atomic E-state index is -0.683. The van der Waals surface area contributed by atoms with Gasteiger partial charge in [0.05, 0.1) is 19.2 Å². The van der Waals surface area contributed by atoms with Crippen molar-refractivity contribution in [1.82, 2.24) is 25.8 Å². The number of benzene rings is 1. The average molecular weight is 345 g/mol. The van der Waals surface area contributed by atoms with Gasteiger partial charge in [0.1, 0.15) is 17.6 Å². The number of hydrogen-bond acceptors (Lipinski definition) is 5. The van der Waals surface area contributed by atoms with Crippen LogP contribution in [0.3, 0.4) is 0 Å². The highest BCUT2D eigenvalue weighted by molar-refractivity contribution is 5.99. The molecular formula is C17H23N5O3. The highest BCUT2D eigenvalue weighted by Gasteiger charge is 2.25. The smallest absolute Gasteiger partial charge is 0.255 e. The lowest BCUT2D eigenvalue weighted by Crippen LogP contribution is -2.49. The number of H-pyrrole nitrogens is 1. The van der Waals surface area contributed by atoms with Crippen LogP contribution in [0.5, 0.6) is 5.75 Å². The van der Waals surface area contributed by atoms with Crippen LogP contribution in [0.4, 0.5) is 0 Å². The number of methoxy groups -OCH3 is 1. The van der Waals surface area contributed by atoms with Crippen LogP contribution in [-0.4, -0.2) is 40.1 Å². The number of nitrogens with one attached hydrogen (secondary N) is 3. The fraction of sp³-hybridized carbons (Fsp3) is 0.412. The van der Waals surface area contributed by atoms with Crippen molar-refractivity contribution in [2.45, 2.75) is 33.4 Å². The summed E-state index contributed by atoms with van der Waals surface area (Å²) >= 11 is 0. The summed E-state index contributed by atoms with van der Waals surface area (Å²) in [6.45, 7) is 5.70. The molecule has 0 aliphatic carbocycles. The van der Waals surface area contributed by atoms with Crippen molar-refractivity contribution in [3.05, 3.63) is 41.5 Å². The van der Waals surface area contributed by atoms with Crippen molar-refractivity contribution in [2.24, 2.45) is 5.92 Å². The maximum Gasteiger partial charge on any atom is 0.255 e. The van der Waals surface area contributed by atoms with Crippen molar-refractivity contribution >= 4 is 11.8 Å². The first-order chi connectivity index (χ1) is 11.9. The van der Waals surface area contributed by atoms with Crippen LogP contribution in [0.15, 0.2) is 24.3 Å². The second kappa shape index (κ2) is 8.27. The van der Waals surface area contributed by atoms with Crippen LogP contribution in [-0.2, 0) is 11.3 Å². The molecule has 2 amide bonds. The number of para-hydroxylation sites is 1. The second-order valence-corrected chi connectivity index (χ2v) is 5.95. The first-order valence-electron chi connectivity index (χ1n) is 8.01. The molecule has 1 aromatic heterocycles. The predicted octanol–water partition coefficient (Wildman–Crippen LogP) is 1.19. The molecule has 0 spiro atoms. The number of carbonyl (C=O) groups excluding carboxylic acids is 2. The molecule has 1 unspecified atom stereocenters. The summed E-state index contributed by atoms with van der Waals surface area (Å²) < 4.78 is 5.20. The van der Waals surface area contributed by atoms with Gasteiger partial charge in [-0.15, -0.1) is 0 Å². The molecule has 1 heterocycles. The molecule has 3 N–H and O–H groups in total. The number of nitrogens with zero attached hydrogens (tertiary/aromatic N) is 2. The Balaban J connectivity index is 2.04. The summed E-state index contributed by atoms with van der Waals surface area (Å²) in [5.41, 5.74) is 0.382. The summed E-state index contributed by atoms with van der Waals surface area (Å²) in [5, 5.41) is 12.2. The zero-order valence-electron chi connectivity index (χ0n) is 14.8. The Morgan fingerprint density at radius 3 is 2.60 bits per heavy atom. The Hall–Kier alpha value is -2.90. The van der Waals surface area contributed by atoms with Gasteiger partial charge in [0.15, 0.2) is 5.82 Å². The van der Waals surface area contributed by atoms with Gasteiger partial charge >= 0.3 is 0 Å². The third kappa shape index (κ3) is 4.79. The molecule has 8 nitrogen and oxygen atoms in total. The van der Waals surface area contributed by atoms with Crippen LogP contribution >= 0.6 is 0 Å². The first kappa shape index (κ1) is 18.4. The van der Waals surface area contributed by atoms with Crippen LogP contribution in [0.1, 0.15) is 35.9 Å². The quantitative estimate of drug-likeness (QED) is 0.698. The summed E-state index contributed by atoms with van der Waals surface area (Å²) in [6, 6.07) is 6.19. The topological polar surface area (TPSA) is 109 Å². The van der Waals surface area contributed by atoms with Crippen LogP contribution in [0, 0.1) is 12.8 Å². The average Bonchev–Trinajstić information content (AvgIpc) is 3.02. The van der Waals surface area contributed by atoms with E-state index < -0.39 is 6.04 Å². The van der Waals surface area contributed by atoms with E-state index in [2.05, 4.69) is 25.8 Å². The molecule has 1 atom stereocenters. The Kier molecular flexibility index (Phi) is 6.10. The first-order valence-corrected chi connectivity index (χ1v) is 8.01. The Morgan fingerprint density at radius 2 is 2.00 bits per heavy atom. The zero-order valence-corrected chi connectivity index (χ0v) is 14.8. The van der Waals surface area contributed by atoms with Gasteiger partial charge in [-0.05, 0) is 25.0 Å².